The van der Waals surface area contributed by atoms with Crippen LogP contribution in [-0.2, 0) is 27.9 Å². The van der Waals surface area contributed by atoms with E-state index < -0.39 is 20.8 Å². The first kappa shape index (κ1) is 23.1. The van der Waals surface area contributed by atoms with Gasteiger partial charge >= 0.3 is 0 Å². The van der Waals surface area contributed by atoms with Crippen molar-refractivity contribution in [2.45, 2.75) is 31.4 Å². The number of non-ortho nitro benzene ring substituents is 1. The molecule has 33 heavy (non-hydrogen) atoms. The summed E-state index contributed by atoms with van der Waals surface area (Å²) in [4.78, 5) is 14.8. The molecule has 10 nitrogen and oxygen atoms in total. The van der Waals surface area contributed by atoms with E-state index >= 15 is 0 Å². The largest absolute Gasteiger partial charge is 0.483 e. The van der Waals surface area contributed by atoms with Crippen LogP contribution in [0.1, 0.15) is 19.2 Å². The smallest absolute Gasteiger partial charge is 0.272 e. The number of nitro benzene ring substituents is 1. The zero-order chi connectivity index (χ0) is 23.6. The second kappa shape index (κ2) is 9.41. The Labute approximate surface area is 189 Å². The molecule has 0 atom stereocenters. The van der Waals surface area contributed by atoms with Crippen molar-refractivity contribution in [3.8, 4) is 5.75 Å². The van der Waals surface area contributed by atoms with Gasteiger partial charge in [0.1, 0.15) is 12.4 Å². The number of nitro groups is 1. The molecule has 0 N–H and O–H groups in total. The van der Waals surface area contributed by atoms with E-state index in [1.165, 1.54) is 16.4 Å². The number of ether oxygens (including phenoxy) is 2. The lowest BCUT2D eigenvalue weighted by molar-refractivity contribution is -0.385. The summed E-state index contributed by atoms with van der Waals surface area (Å²) in [6.07, 6.45) is 0.790. The van der Waals surface area contributed by atoms with Gasteiger partial charge in [-0.3, -0.25) is 10.1 Å². The predicted octanol–water partition coefficient (Wildman–Crippen LogP) is 3.09. The number of hydrogen-bond donors (Lipinski definition) is 0. The fourth-order valence-corrected chi connectivity index (χ4v) is 5.13. The molecule has 176 valence electrons. The topological polar surface area (TPSA) is 117 Å². The van der Waals surface area contributed by atoms with E-state index in [0.717, 1.165) is 24.1 Å². The monoisotopic (exact) mass is 478 g/mol. The molecule has 1 aliphatic rings. The fourth-order valence-electron chi connectivity index (χ4n) is 3.70. The van der Waals surface area contributed by atoms with Crippen LogP contribution in [0.25, 0.3) is 11.0 Å². The first-order valence-electron chi connectivity index (χ1n) is 10.4. The maximum atomic E-state index is 14.2. The van der Waals surface area contributed by atoms with E-state index in [0.29, 0.717) is 44.2 Å². The summed E-state index contributed by atoms with van der Waals surface area (Å²) in [6, 6.07) is 7.96. The molecule has 4 rings (SSSR count). The molecule has 0 bridgehead atoms. The predicted molar refractivity (Wildman–Crippen MR) is 117 cm³/mol. The second-order valence-corrected chi connectivity index (χ2v) is 9.45. The molecule has 0 saturated carbocycles. The van der Waals surface area contributed by atoms with Crippen molar-refractivity contribution in [2.24, 2.45) is 0 Å². The fraction of sp³-hybridized carbons (Fsp3) is 0.381. The minimum Gasteiger partial charge on any atom is -0.483 e. The number of hydrogen-bond acceptors (Lipinski definition) is 7. The van der Waals surface area contributed by atoms with Crippen LogP contribution < -0.4 is 4.74 Å². The number of benzene rings is 2. The number of nitrogens with zero attached hydrogens (tertiary/aromatic N) is 4. The molecule has 0 spiro atoms. The lowest BCUT2D eigenvalue weighted by Gasteiger charge is -2.26. The van der Waals surface area contributed by atoms with Gasteiger partial charge < -0.3 is 14.0 Å². The normalized spacial score (nSPS) is 15.1. The summed E-state index contributed by atoms with van der Waals surface area (Å²) in [7, 11) is -3.67. The number of aryl methyl sites for hydroxylation is 1. The van der Waals surface area contributed by atoms with Gasteiger partial charge in [-0.25, -0.2) is 17.8 Å². The summed E-state index contributed by atoms with van der Waals surface area (Å²) in [5.74, 6) is -0.488. The van der Waals surface area contributed by atoms with Gasteiger partial charge in [0, 0.05) is 25.7 Å². The zero-order valence-corrected chi connectivity index (χ0v) is 18.8. The molecule has 1 fully saturated rings. The lowest BCUT2D eigenvalue weighted by atomic mass is 10.3. The highest BCUT2D eigenvalue weighted by atomic mass is 32.2. The average Bonchev–Trinajstić information content (AvgIpc) is 3.15. The van der Waals surface area contributed by atoms with Crippen molar-refractivity contribution in [3.63, 3.8) is 0 Å². The Kier molecular flexibility index (Phi) is 6.58. The molecule has 1 saturated heterocycles. The Hall–Kier alpha value is -3.09. The standard InChI is InChI=1S/C21H23FN4O6S/c1-2-7-25-19-5-4-16(33(29,30)24-8-10-31-11-9-24)13-18(19)23-21(25)14-32-20-6-3-15(26(27)28)12-17(20)22/h3-6,12-13H,2,7-11,14H2,1H3. The number of fused-ring (bicyclic) bond motifs is 1. The van der Waals surface area contributed by atoms with Crippen molar-refractivity contribution in [3.05, 3.63) is 58.2 Å². The summed E-state index contributed by atoms with van der Waals surface area (Å²) in [6.45, 7) is 3.81. The van der Waals surface area contributed by atoms with E-state index in [1.54, 1.807) is 12.1 Å². The minimum absolute atomic E-state index is 0.0883. The van der Waals surface area contributed by atoms with E-state index in [1.807, 2.05) is 11.5 Å². The van der Waals surface area contributed by atoms with E-state index in [9.17, 15) is 22.9 Å². The summed E-state index contributed by atoms with van der Waals surface area (Å²) < 4.78 is 54.2. The van der Waals surface area contributed by atoms with Gasteiger partial charge in [-0.15, -0.1) is 0 Å². The average molecular weight is 479 g/mol. The van der Waals surface area contributed by atoms with Gasteiger partial charge in [0.2, 0.25) is 10.0 Å². The number of halogens is 1. The van der Waals surface area contributed by atoms with Crippen LogP contribution in [0.5, 0.6) is 5.75 Å². The Morgan fingerprint density at radius 1 is 1.21 bits per heavy atom. The molecule has 0 aliphatic carbocycles. The molecule has 2 heterocycles. The van der Waals surface area contributed by atoms with Crippen molar-refractivity contribution in [1.82, 2.24) is 13.9 Å². The van der Waals surface area contributed by atoms with E-state index in [2.05, 4.69) is 4.98 Å². The maximum absolute atomic E-state index is 14.2. The highest BCUT2D eigenvalue weighted by Gasteiger charge is 2.27. The molecule has 1 aliphatic heterocycles. The first-order chi connectivity index (χ1) is 15.8. The Bertz CT molecular complexity index is 1290. The number of aromatic nitrogens is 2. The van der Waals surface area contributed by atoms with Gasteiger partial charge in [-0.05, 0) is 30.7 Å². The zero-order valence-electron chi connectivity index (χ0n) is 17.9. The minimum atomic E-state index is -3.67. The van der Waals surface area contributed by atoms with Gasteiger partial charge in [-0.2, -0.15) is 4.31 Å². The van der Waals surface area contributed by atoms with Crippen molar-refractivity contribution in [2.75, 3.05) is 26.3 Å². The third-order valence-electron chi connectivity index (χ3n) is 5.34. The van der Waals surface area contributed by atoms with Gasteiger partial charge in [0.15, 0.2) is 11.6 Å². The summed E-state index contributed by atoms with van der Waals surface area (Å²) >= 11 is 0. The quantitative estimate of drug-likeness (QED) is 0.361. The highest BCUT2D eigenvalue weighted by Crippen LogP contribution is 2.26. The van der Waals surface area contributed by atoms with Crippen LogP contribution in [0.4, 0.5) is 10.1 Å². The number of imidazole rings is 1. The molecule has 2 aromatic carbocycles. The third-order valence-corrected chi connectivity index (χ3v) is 7.23. The molecular weight excluding hydrogens is 455 g/mol. The Morgan fingerprint density at radius 3 is 2.64 bits per heavy atom. The lowest BCUT2D eigenvalue weighted by Crippen LogP contribution is -2.40. The molecule has 3 aromatic rings. The summed E-state index contributed by atoms with van der Waals surface area (Å²) in [5.41, 5.74) is 0.855. The molecule has 0 amide bonds. The SMILES string of the molecule is CCCn1c(COc2ccc([N+](=O)[O-])cc2F)nc2cc(S(=O)(=O)N3CCOCC3)ccc21. The van der Waals surface area contributed by atoms with Crippen LogP contribution in [-0.4, -0.2) is 53.5 Å². The molecule has 0 unspecified atom stereocenters. The highest BCUT2D eigenvalue weighted by molar-refractivity contribution is 7.89. The van der Waals surface area contributed by atoms with Gasteiger partial charge in [0.05, 0.1) is 40.1 Å². The van der Waals surface area contributed by atoms with Gasteiger partial charge in [-0.1, -0.05) is 6.92 Å². The Morgan fingerprint density at radius 2 is 1.97 bits per heavy atom. The van der Waals surface area contributed by atoms with Crippen LogP contribution in [0.2, 0.25) is 0 Å². The molecule has 0 radical (unpaired) electrons. The number of morpholine rings is 1. The van der Waals surface area contributed by atoms with Crippen LogP contribution in [0, 0.1) is 15.9 Å². The maximum Gasteiger partial charge on any atom is 0.272 e. The van der Waals surface area contributed by atoms with Crippen molar-refractivity contribution in [1.29, 1.82) is 0 Å². The molecule has 1 aromatic heterocycles. The van der Waals surface area contributed by atoms with E-state index in [4.69, 9.17) is 9.47 Å². The number of rotatable bonds is 8. The van der Waals surface area contributed by atoms with Crippen LogP contribution in [0.15, 0.2) is 41.3 Å². The van der Waals surface area contributed by atoms with E-state index in [-0.39, 0.29) is 22.9 Å². The second-order valence-electron chi connectivity index (χ2n) is 7.51. The Balaban J connectivity index is 1.63. The van der Waals surface area contributed by atoms with Crippen molar-refractivity contribution < 1.29 is 27.2 Å². The van der Waals surface area contributed by atoms with Crippen LogP contribution >= 0.6 is 0 Å². The number of sulfonamides is 1. The first-order valence-corrected chi connectivity index (χ1v) is 11.9. The van der Waals surface area contributed by atoms with Crippen LogP contribution in [0.3, 0.4) is 0 Å². The van der Waals surface area contributed by atoms with Gasteiger partial charge in [0.25, 0.3) is 5.69 Å². The van der Waals surface area contributed by atoms with Crippen molar-refractivity contribution >= 4 is 26.7 Å². The summed E-state index contributed by atoms with van der Waals surface area (Å²) in [5, 5.41) is 10.8. The molecular formula is C21H23FN4O6S. The third kappa shape index (κ3) is 4.68. The molecule has 12 heteroatoms.